The first-order valence-electron chi connectivity index (χ1n) is 7.09. The summed E-state index contributed by atoms with van der Waals surface area (Å²) in [5.74, 6) is -0.470. The number of rotatable bonds is 4. The van der Waals surface area contributed by atoms with Crippen LogP contribution in [0.3, 0.4) is 0 Å². The van der Waals surface area contributed by atoms with Crippen LogP contribution in [0.25, 0.3) is 22.0 Å². The Kier molecular flexibility index (Phi) is 3.92. The van der Waals surface area contributed by atoms with E-state index >= 15 is 0 Å². The third kappa shape index (κ3) is 2.86. The maximum atomic E-state index is 13.0. The minimum Gasteiger partial charge on any atom is -0.469 e. The van der Waals surface area contributed by atoms with Crippen LogP contribution in [0.15, 0.2) is 54.7 Å². The summed E-state index contributed by atoms with van der Waals surface area (Å²) >= 11 is 0. The van der Waals surface area contributed by atoms with Crippen molar-refractivity contribution in [1.29, 1.82) is 0 Å². The second-order valence-corrected chi connectivity index (χ2v) is 5.12. The van der Waals surface area contributed by atoms with Crippen molar-refractivity contribution >= 4 is 16.9 Å². The molecule has 0 N–H and O–H groups in total. The molecule has 0 aliphatic heterocycles. The molecule has 0 unspecified atom stereocenters. The lowest BCUT2D eigenvalue weighted by Crippen LogP contribution is -2.06. The van der Waals surface area contributed by atoms with Crippen LogP contribution in [0.5, 0.6) is 0 Å². The van der Waals surface area contributed by atoms with Gasteiger partial charge < -0.3 is 9.30 Å². The molecule has 0 saturated carbocycles. The maximum Gasteiger partial charge on any atom is 0.307 e. The number of hydrogen-bond donors (Lipinski definition) is 0. The number of fused-ring (bicyclic) bond motifs is 1. The van der Waals surface area contributed by atoms with Crippen LogP contribution < -0.4 is 0 Å². The quantitative estimate of drug-likeness (QED) is 0.681. The zero-order valence-electron chi connectivity index (χ0n) is 12.3. The first kappa shape index (κ1) is 14.3. The Morgan fingerprint density at radius 1 is 1.09 bits per heavy atom. The largest absolute Gasteiger partial charge is 0.469 e. The Bertz CT molecular complexity index is 806. The Morgan fingerprint density at radius 3 is 2.55 bits per heavy atom. The van der Waals surface area contributed by atoms with Crippen LogP contribution in [0.4, 0.5) is 4.39 Å². The molecule has 0 aliphatic carbocycles. The van der Waals surface area contributed by atoms with Crippen molar-refractivity contribution in [3.8, 4) is 11.1 Å². The number of hydrogen-bond acceptors (Lipinski definition) is 2. The van der Waals surface area contributed by atoms with E-state index in [9.17, 15) is 9.18 Å². The second kappa shape index (κ2) is 6.02. The fraction of sp³-hybridized carbons (Fsp3) is 0.167. The van der Waals surface area contributed by atoms with E-state index in [0.29, 0.717) is 13.0 Å². The summed E-state index contributed by atoms with van der Waals surface area (Å²) in [5, 5.41) is 1.11. The van der Waals surface area contributed by atoms with Gasteiger partial charge in [0.2, 0.25) is 0 Å². The Labute approximate surface area is 127 Å². The summed E-state index contributed by atoms with van der Waals surface area (Å²) in [7, 11) is 1.39. The highest BCUT2D eigenvalue weighted by Gasteiger charge is 2.06. The molecule has 1 heterocycles. The van der Waals surface area contributed by atoms with Gasteiger partial charge in [-0.3, -0.25) is 4.79 Å². The van der Waals surface area contributed by atoms with Gasteiger partial charge in [-0.25, -0.2) is 4.39 Å². The monoisotopic (exact) mass is 297 g/mol. The fourth-order valence-corrected chi connectivity index (χ4v) is 2.51. The number of ether oxygens (including phenoxy) is 1. The third-order valence-electron chi connectivity index (χ3n) is 3.74. The molecule has 3 rings (SSSR count). The summed E-state index contributed by atoms with van der Waals surface area (Å²) in [6.07, 6.45) is 2.29. The van der Waals surface area contributed by atoms with E-state index in [1.807, 2.05) is 29.0 Å². The molecule has 0 bridgehead atoms. The van der Waals surface area contributed by atoms with Crippen molar-refractivity contribution in [2.45, 2.75) is 13.0 Å². The summed E-state index contributed by atoms with van der Waals surface area (Å²) in [4.78, 5) is 11.3. The van der Waals surface area contributed by atoms with Crippen LogP contribution >= 0.6 is 0 Å². The molecular weight excluding hydrogens is 281 g/mol. The van der Waals surface area contributed by atoms with Crippen LogP contribution in [0.2, 0.25) is 0 Å². The van der Waals surface area contributed by atoms with Crippen LogP contribution in [-0.2, 0) is 16.1 Å². The molecule has 3 nitrogen and oxygen atoms in total. The first-order chi connectivity index (χ1) is 10.7. The zero-order chi connectivity index (χ0) is 15.5. The average Bonchev–Trinajstić information content (AvgIpc) is 2.95. The number of esters is 1. The minimum absolute atomic E-state index is 0.225. The van der Waals surface area contributed by atoms with Gasteiger partial charge in [-0.05, 0) is 40.8 Å². The number of benzene rings is 2. The molecule has 112 valence electrons. The molecule has 0 spiro atoms. The molecular formula is C18H16FNO2. The number of nitrogens with zero attached hydrogens (tertiary/aromatic N) is 1. The predicted octanol–water partition coefficient (Wildman–Crippen LogP) is 4.01. The van der Waals surface area contributed by atoms with Gasteiger partial charge in [0.15, 0.2) is 0 Å². The van der Waals surface area contributed by atoms with E-state index < -0.39 is 0 Å². The van der Waals surface area contributed by atoms with Crippen molar-refractivity contribution in [2.24, 2.45) is 0 Å². The molecule has 0 saturated heterocycles. The van der Waals surface area contributed by atoms with Crippen LogP contribution in [0, 0.1) is 5.82 Å². The second-order valence-electron chi connectivity index (χ2n) is 5.12. The molecule has 0 fully saturated rings. The summed E-state index contributed by atoms with van der Waals surface area (Å²) in [6, 6.07) is 14.5. The van der Waals surface area contributed by atoms with Gasteiger partial charge >= 0.3 is 5.97 Å². The summed E-state index contributed by atoms with van der Waals surface area (Å²) < 4.78 is 19.7. The predicted molar refractivity (Wildman–Crippen MR) is 84.0 cm³/mol. The number of carbonyl (C=O) groups excluding carboxylic acids is 1. The number of carbonyl (C=O) groups is 1. The lowest BCUT2D eigenvalue weighted by atomic mass is 10.0. The number of aromatic nitrogens is 1. The molecule has 3 aromatic rings. The average molecular weight is 297 g/mol. The maximum absolute atomic E-state index is 13.0. The van der Waals surface area contributed by atoms with E-state index in [2.05, 4.69) is 10.8 Å². The zero-order valence-corrected chi connectivity index (χ0v) is 12.3. The molecule has 0 radical (unpaired) electrons. The van der Waals surface area contributed by atoms with E-state index in [0.717, 1.165) is 22.0 Å². The Morgan fingerprint density at radius 2 is 1.82 bits per heavy atom. The van der Waals surface area contributed by atoms with Crippen LogP contribution in [-0.4, -0.2) is 17.6 Å². The first-order valence-corrected chi connectivity index (χ1v) is 7.09. The van der Waals surface area contributed by atoms with Crippen molar-refractivity contribution in [1.82, 2.24) is 4.57 Å². The number of methoxy groups -OCH3 is 1. The topological polar surface area (TPSA) is 31.2 Å². The lowest BCUT2D eigenvalue weighted by Gasteiger charge is -2.07. The molecule has 0 atom stereocenters. The third-order valence-corrected chi connectivity index (χ3v) is 3.74. The van der Waals surface area contributed by atoms with Gasteiger partial charge in [-0.2, -0.15) is 0 Å². The van der Waals surface area contributed by atoms with Gasteiger partial charge in [-0.1, -0.05) is 24.3 Å². The Hall–Kier alpha value is -2.62. The van der Waals surface area contributed by atoms with Gasteiger partial charge in [0.1, 0.15) is 5.82 Å². The molecule has 1 aromatic heterocycles. The van der Waals surface area contributed by atoms with Gasteiger partial charge in [0, 0.05) is 18.3 Å². The number of halogens is 1. The number of aryl methyl sites for hydroxylation is 1. The normalized spacial score (nSPS) is 10.8. The highest BCUT2D eigenvalue weighted by molar-refractivity contribution is 5.85. The van der Waals surface area contributed by atoms with Crippen LogP contribution in [0.1, 0.15) is 6.42 Å². The van der Waals surface area contributed by atoms with Crippen molar-refractivity contribution in [2.75, 3.05) is 7.11 Å². The van der Waals surface area contributed by atoms with E-state index in [-0.39, 0.29) is 11.8 Å². The lowest BCUT2D eigenvalue weighted by molar-refractivity contribution is -0.140. The molecule has 22 heavy (non-hydrogen) atoms. The van der Waals surface area contributed by atoms with Crippen molar-refractivity contribution in [3.05, 3.63) is 60.5 Å². The highest BCUT2D eigenvalue weighted by Crippen LogP contribution is 2.25. The summed E-state index contributed by atoms with van der Waals surface area (Å²) in [5.41, 5.74) is 3.03. The summed E-state index contributed by atoms with van der Waals surface area (Å²) in [6.45, 7) is 0.572. The molecule has 0 amide bonds. The van der Waals surface area contributed by atoms with Gasteiger partial charge in [0.25, 0.3) is 0 Å². The smallest absolute Gasteiger partial charge is 0.307 e. The van der Waals surface area contributed by atoms with Crippen molar-refractivity contribution < 1.29 is 13.9 Å². The standard InChI is InChI=1S/C18H16FNO2/c1-22-18(21)9-11-20-10-8-14-2-3-15(12-17(14)20)13-4-6-16(19)7-5-13/h2-8,10,12H,9,11H2,1H3. The van der Waals surface area contributed by atoms with E-state index in [1.165, 1.54) is 19.2 Å². The molecule has 0 aliphatic rings. The van der Waals surface area contributed by atoms with Crippen molar-refractivity contribution in [3.63, 3.8) is 0 Å². The van der Waals surface area contributed by atoms with Gasteiger partial charge in [-0.15, -0.1) is 0 Å². The minimum atomic E-state index is -0.244. The van der Waals surface area contributed by atoms with Gasteiger partial charge in [0.05, 0.1) is 13.5 Å². The Balaban J connectivity index is 1.94. The fourth-order valence-electron chi connectivity index (χ4n) is 2.51. The molecule has 2 aromatic carbocycles. The van der Waals surface area contributed by atoms with E-state index in [4.69, 9.17) is 0 Å². The molecule has 4 heteroatoms. The van der Waals surface area contributed by atoms with E-state index in [1.54, 1.807) is 12.1 Å². The highest BCUT2D eigenvalue weighted by atomic mass is 19.1. The SMILES string of the molecule is COC(=O)CCn1ccc2ccc(-c3ccc(F)cc3)cc21.